The highest BCUT2D eigenvalue weighted by Gasteiger charge is 2.30. The monoisotopic (exact) mass is 159 g/mol. The Morgan fingerprint density at radius 1 is 1.27 bits per heavy atom. The first-order valence-corrected chi connectivity index (χ1v) is 4.63. The molecule has 2 nitrogen and oxygen atoms in total. The van der Waals surface area contributed by atoms with E-state index in [1.807, 2.05) is 20.9 Å². The minimum atomic E-state index is 0.0833. The minimum Gasteiger partial charge on any atom is -0.394 e. The van der Waals surface area contributed by atoms with Crippen molar-refractivity contribution in [2.75, 3.05) is 13.7 Å². The van der Waals surface area contributed by atoms with Crippen molar-refractivity contribution >= 4 is 0 Å². The zero-order valence-corrected chi connectivity index (χ0v) is 7.98. The summed E-state index contributed by atoms with van der Waals surface area (Å²) >= 11 is 0. The van der Waals surface area contributed by atoms with Gasteiger partial charge in [-0.05, 0) is 19.9 Å². The van der Waals surface area contributed by atoms with Crippen molar-refractivity contribution in [3.05, 3.63) is 0 Å². The third-order valence-corrected chi connectivity index (χ3v) is 2.39. The molecule has 0 unspecified atom stereocenters. The molecule has 0 spiro atoms. The zero-order valence-electron chi connectivity index (χ0n) is 7.98. The van der Waals surface area contributed by atoms with Gasteiger partial charge in [-0.15, -0.1) is 0 Å². The van der Waals surface area contributed by atoms with Gasteiger partial charge in [0.1, 0.15) is 0 Å². The second-order valence-electron chi connectivity index (χ2n) is 2.90. The van der Waals surface area contributed by atoms with E-state index in [0.29, 0.717) is 6.61 Å². The van der Waals surface area contributed by atoms with Crippen LogP contribution in [-0.4, -0.2) is 24.3 Å². The maximum atomic E-state index is 8.95. The third kappa shape index (κ3) is 2.80. The van der Waals surface area contributed by atoms with E-state index < -0.39 is 0 Å². The van der Waals surface area contributed by atoms with Gasteiger partial charge < -0.3 is 10.4 Å². The molecule has 1 rings (SSSR count). The molecule has 0 radical (unpaired) electrons. The first kappa shape index (κ1) is 10.9. The fourth-order valence-electron chi connectivity index (χ4n) is 1.54. The number of hydrogen-bond acceptors (Lipinski definition) is 2. The van der Waals surface area contributed by atoms with Crippen LogP contribution in [0.4, 0.5) is 0 Å². The Kier molecular flexibility index (Phi) is 5.51. The number of likely N-dealkylation sites (N-methyl/N-ethyl adjacent to an activating group) is 1. The van der Waals surface area contributed by atoms with Crippen LogP contribution in [0.25, 0.3) is 0 Å². The average molecular weight is 159 g/mol. The van der Waals surface area contributed by atoms with Gasteiger partial charge in [0.05, 0.1) is 6.61 Å². The van der Waals surface area contributed by atoms with E-state index >= 15 is 0 Å². The number of aliphatic hydroxyl groups is 1. The molecule has 1 saturated carbocycles. The molecule has 2 heteroatoms. The van der Waals surface area contributed by atoms with Crippen LogP contribution in [0.1, 0.15) is 39.5 Å². The summed E-state index contributed by atoms with van der Waals surface area (Å²) in [6.45, 7) is 4.30. The van der Waals surface area contributed by atoms with Gasteiger partial charge in [0.2, 0.25) is 0 Å². The summed E-state index contributed by atoms with van der Waals surface area (Å²) in [6.07, 6.45) is 4.81. The Hall–Kier alpha value is -0.0800. The summed E-state index contributed by atoms with van der Waals surface area (Å²) in [5.74, 6) is 0. The van der Waals surface area contributed by atoms with Crippen LogP contribution < -0.4 is 5.32 Å². The lowest BCUT2D eigenvalue weighted by Crippen LogP contribution is -2.43. The summed E-state index contributed by atoms with van der Waals surface area (Å²) in [5, 5.41) is 12.1. The first-order valence-electron chi connectivity index (χ1n) is 4.63. The number of nitrogens with one attached hydrogen (secondary N) is 1. The third-order valence-electron chi connectivity index (χ3n) is 2.39. The SMILES string of the molecule is CC.CNC1(CO)CCCC1. The largest absolute Gasteiger partial charge is 0.394 e. The molecule has 1 aliphatic rings. The van der Waals surface area contributed by atoms with Gasteiger partial charge in [-0.3, -0.25) is 0 Å². The van der Waals surface area contributed by atoms with E-state index in [0.717, 1.165) is 12.8 Å². The smallest absolute Gasteiger partial charge is 0.0613 e. The van der Waals surface area contributed by atoms with Crippen molar-refractivity contribution in [2.24, 2.45) is 0 Å². The molecule has 0 aromatic rings. The van der Waals surface area contributed by atoms with Crippen molar-refractivity contribution in [2.45, 2.75) is 45.1 Å². The Morgan fingerprint density at radius 3 is 1.91 bits per heavy atom. The van der Waals surface area contributed by atoms with Crippen molar-refractivity contribution in [3.63, 3.8) is 0 Å². The number of rotatable bonds is 2. The van der Waals surface area contributed by atoms with Gasteiger partial charge in [0.15, 0.2) is 0 Å². The molecule has 0 saturated heterocycles. The Bertz CT molecular complexity index is 81.6. The van der Waals surface area contributed by atoms with Crippen molar-refractivity contribution < 1.29 is 5.11 Å². The molecule has 1 fully saturated rings. The molecule has 0 atom stereocenters. The van der Waals surface area contributed by atoms with Crippen LogP contribution in [0.2, 0.25) is 0 Å². The number of hydrogen-bond donors (Lipinski definition) is 2. The Balaban J connectivity index is 0.000000461. The fourth-order valence-corrected chi connectivity index (χ4v) is 1.54. The van der Waals surface area contributed by atoms with Crippen molar-refractivity contribution in [1.29, 1.82) is 0 Å². The van der Waals surface area contributed by atoms with E-state index in [9.17, 15) is 0 Å². The van der Waals surface area contributed by atoms with Crippen LogP contribution in [0.3, 0.4) is 0 Å². The molecule has 0 amide bonds. The van der Waals surface area contributed by atoms with E-state index in [1.165, 1.54) is 12.8 Å². The maximum Gasteiger partial charge on any atom is 0.0613 e. The van der Waals surface area contributed by atoms with Gasteiger partial charge in [-0.1, -0.05) is 26.7 Å². The predicted octanol–water partition coefficient (Wildman–Crippen LogP) is 1.54. The second-order valence-corrected chi connectivity index (χ2v) is 2.90. The molecule has 11 heavy (non-hydrogen) atoms. The van der Waals surface area contributed by atoms with E-state index in [4.69, 9.17) is 5.11 Å². The highest BCUT2D eigenvalue weighted by Crippen LogP contribution is 2.28. The van der Waals surface area contributed by atoms with Crippen LogP contribution in [0, 0.1) is 0 Å². The van der Waals surface area contributed by atoms with Crippen molar-refractivity contribution in [3.8, 4) is 0 Å². The van der Waals surface area contributed by atoms with Crippen LogP contribution in [0.5, 0.6) is 0 Å². The molecule has 2 N–H and O–H groups in total. The van der Waals surface area contributed by atoms with Gasteiger partial charge in [0, 0.05) is 5.54 Å². The summed E-state index contributed by atoms with van der Waals surface area (Å²) in [7, 11) is 1.93. The van der Waals surface area contributed by atoms with Crippen LogP contribution in [0.15, 0.2) is 0 Å². The molecule has 0 aromatic carbocycles. The van der Waals surface area contributed by atoms with Crippen LogP contribution >= 0.6 is 0 Å². The predicted molar refractivity (Wildman–Crippen MR) is 48.7 cm³/mol. The van der Waals surface area contributed by atoms with E-state index in [-0.39, 0.29) is 5.54 Å². The molecule has 1 aliphatic carbocycles. The zero-order chi connectivity index (χ0) is 8.74. The van der Waals surface area contributed by atoms with E-state index in [1.54, 1.807) is 0 Å². The molecule has 0 aromatic heterocycles. The molecule has 68 valence electrons. The summed E-state index contributed by atoms with van der Waals surface area (Å²) < 4.78 is 0. The first-order chi connectivity index (χ1) is 5.33. The average Bonchev–Trinajstić information content (AvgIpc) is 2.57. The number of aliphatic hydroxyl groups excluding tert-OH is 1. The normalized spacial score (nSPS) is 20.7. The quantitative estimate of drug-likeness (QED) is 0.640. The molecule has 0 aliphatic heterocycles. The van der Waals surface area contributed by atoms with Crippen LogP contribution in [-0.2, 0) is 0 Å². The highest BCUT2D eigenvalue weighted by molar-refractivity contribution is 4.90. The maximum absolute atomic E-state index is 8.95. The fraction of sp³-hybridized carbons (Fsp3) is 1.00. The second kappa shape index (κ2) is 5.56. The summed E-state index contributed by atoms with van der Waals surface area (Å²) in [4.78, 5) is 0. The topological polar surface area (TPSA) is 32.3 Å². The lowest BCUT2D eigenvalue weighted by Gasteiger charge is -2.25. The van der Waals surface area contributed by atoms with E-state index in [2.05, 4.69) is 5.32 Å². The molecular formula is C9H21NO. The standard InChI is InChI=1S/C7H15NO.C2H6/c1-8-7(6-9)4-2-3-5-7;1-2/h8-9H,2-6H2,1H3;1-2H3. The van der Waals surface area contributed by atoms with Gasteiger partial charge in [0.25, 0.3) is 0 Å². The Labute approximate surface area is 70.0 Å². The van der Waals surface area contributed by atoms with Crippen molar-refractivity contribution in [1.82, 2.24) is 5.32 Å². The van der Waals surface area contributed by atoms with Gasteiger partial charge >= 0.3 is 0 Å². The summed E-state index contributed by atoms with van der Waals surface area (Å²) in [6, 6.07) is 0. The van der Waals surface area contributed by atoms with Gasteiger partial charge in [-0.25, -0.2) is 0 Å². The Morgan fingerprint density at radius 2 is 1.73 bits per heavy atom. The molecule has 0 heterocycles. The lowest BCUT2D eigenvalue weighted by atomic mass is 10.00. The van der Waals surface area contributed by atoms with Gasteiger partial charge in [-0.2, -0.15) is 0 Å². The minimum absolute atomic E-state index is 0.0833. The highest BCUT2D eigenvalue weighted by atomic mass is 16.3. The lowest BCUT2D eigenvalue weighted by molar-refractivity contribution is 0.173. The summed E-state index contributed by atoms with van der Waals surface area (Å²) in [5.41, 5.74) is 0.0833. The molecule has 0 bridgehead atoms. The molecular weight excluding hydrogens is 138 g/mol.